The second-order valence-corrected chi connectivity index (χ2v) is 7.41. The summed E-state index contributed by atoms with van der Waals surface area (Å²) in [6, 6.07) is 0. The van der Waals surface area contributed by atoms with Crippen molar-refractivity contribution >= 4 is 17.3 Å². The molecule has 114 valence electrons. The number of nitrogens with zero attached hydrogens (tertiary/aromatic N) is 3. The van der Waals surface area contributed by atoms with E-state index in [9.17, 15) is 0 Å². The van der Waals surface area contributed by atoms with E-state index >= 15 is 0 Å². The van der Waals surface area contributed by atoms with E-state index in [1.54, 1.807) is 11.3 Å². The average Bonchev–Trinajstić information content (AvgIpc) is 2.73. The van der Waals surface area contributed by atoms with Crippen LogP contribution in [0.2, 0.25) is 0 Å². The van der Waals surface area contributed by atoms with Crippen LogP contribution >= 0.6 is 11.3 Å². The van der Waals surface area contributed by atoms with E-state index in [0.717, 1.165) is 36.2 Å². The number of thiazole rings is 1. The van der Waals surface area contributed by atoms with E-state index in [2.05, 4.69) is 46.3 Å². The van der Waals surface area contributed by atoms with Gasteiger partial charge < -0.3 is 10.2 Å². The van der Waals surface area contributed by atoms with Gasteiger partial charge in [-0.2, -0.15) is 0 Å². The summed E-state index contributed by atoms with van der Waals surface area (Å²) in [5.74, 6) is 0.935. The van der Waals surface area contributed by atoms with Crippen LogP contribution in [0.4, 0.5) is 0 Å². The summed E-state index contributed by atoms with van der Waals surface area (Å²) in [4.78, 5) is 10.9. The molecule has 1 aromatic rings. The lowest BCUT2D eigenvalue weighted by Crippen LogP contribution is -2.39. The number of aliphatic imine (C=N–C) groups is 1. The van der Waals surface area contributed by atoms with Crippen LogP contribution in [0.25, 0.3) is 0 Å². The predicted octanol–water partition coefficient (Wildman–Crippen LogP) is 3.29. The second-order valence-electron chi connectivity index (χ2n) is 6.35. The molecular formula is C15H28N4S. The first-order chi connectivity index (χ1) is 9.31. The van der Waals surface area contributed by atoms with Gasteiger partial charge in [0.2, 0.25) is 0 Å². The Balaban J connectivity index is 2.38. The Morgan fingerprint density at radius 2 is 2.15 bits per heavy atom. The van der Waals surface area contributed by atoms with Crippen molar-refractivity contribution in [1.82, 2.24) is 15.2 Å². The fourth-order valence-electron chi connectivity index (χ4n) is 2.00. The van der Waals surface area contributed by atoms with Gasteiger partial charge in [-0.25, -0.2) is 4.98 Å². The van der Waals surface area contributed by atoms with Crippen LogP contribution in [0.1, 0.15) is 44.3 Å². The van der Waals surface area contributed by atoms with Crippen molar-refractivity contribution in [3.05, 3.63) is 16.1 Å². The molecule has 0 saturated heterocycles. The highest BCUT2D eigenvalue weighted by Crippen LogP contribution is 2.19. The molecule has 0 radical (unpaired) electrons. The van der Waals surface area contributed by atoms with Crippen LogP contribution in [-0.4, -0.2) is 36.5 Å². The molecule has 0 aromatic carbocycles. The second kappa shape index (κ2) is 7.62. The molecule has 1 rings (SSSR count). The molecule has 1 heterocycles. The van der Waals surface area contributed by atoms with Crippen LogP contribution in [0, 0.1) is 12.3 Å². The van der Waals surface area contributed by atoms with Crippen molar-refractivity contribution < 1.29 is 0 Å². The number of aryl methyl sites for hydroxylation is 1. The molecule has 0 saturated carbocycles. The van der Waals surface area contributed by atoms with E-state index in [-0.39, 0.29) is 0 Å². The van der Waals surface area contributed by atoms with Gasteiger partial charge in [-0.15, -0.1) is 11.3 Å². The van der Waals surface area contributed by atoms with Crippen LogP contribution in [0.3, 0.4) is 0 Å². The Morgan fingerprint density at radius 1 is 1.45 bits per heavy atom. The molecule has 0 atom stereocenters. The third-order valence-corrected chi connectivity index (χ3v) is 3.85. The fourth-order valence-corrected chi connectivity index (χ4v) is 2.61. The Labute approximate surface area is 127 Å². The summed E-state index contributed by atoms with van der Waals surface area (Å²) >= 11 is 1.69. The zero-order valence-corrected chi connectivity index (χ0v) is 14.5. The summed E-state index contributed by atoms with van der Waals surface area (Å²) in [5, 5.41) is 6.64. The molecule has 5 heteroatoms. The standard InChI is InChI=1S/C15H28N4S/c1-12-18-13(11-20-12)10-19(6)14(16-5)17-9-7-8-15(2,3)4/h11H,7-10H2,1-6H3,(H,16,17). The molecule has 20 heavy (non-hydrogen) atoms. The molecule has 0 spiro atoms. The highest BCUT2D eigenvalue weighted by Gasteiger charge is 2.11. The van der Waals surface area contributed by atoms with Gasteiger partial charge in [-0.3, -0.25) is 4.99 Å². The van der Waals surface area contributed by atoms with Crippen molar-refractivity contribution in [2.24, 2.45) is 10.4 Å². The van der Waals surface area contributed by atoms with Crippen molar-refractivity contribution in [1.29, 1.82) is 0 Å². The fraction of sp³-hybridized carbons (Fsp3) is 0.733. The lowest BCUT2D eigenvalue weighted by atomic mass is 9.91. The number of hydrogen-bond acceptors (Lipinski definition) is 3. The topological polar surface area (TPSA) is 40.5 Å². The van der Waals surface area contributed by atoms with Crippen molar-refractivity contribution in [2.75, 3.05) is 20.6 Å². The maximum absolute atomic E-state index is 4.49. The summed E-state index contributed by atoms with van der Waals surface area (Å²) in [6.07, 6.45) is 2.37. The Bertz CT molecular complexity index is 431. The van der Waals surface area contributed by atoms with Crippen molar-refractivity contribution in [3.63, 3.8) is 0 Å². The van der Waals surface area contributed by atoms with Gasteiger partial charge >= 0.3 is 0 Å². The monoisotopic (exact) mass is 296 g/mol. The zero-order chi connectivity index (χ0) is 15.2. The number of rotatable bonds is 5. The molecular weight excluding hydrogens is 268 g/mol. The van der Waals surface area contributed by atoms with Crippen molar-refractivity contribution in [2.45, 2.75) is 47.1 Å². The molecule has 0 aliphatic heterocycles. The van der Waals surface area contributed by atoms with Crippen molar-refractivity contribution in [3.8, 4) is 0 Å². The van der Waals surface area contributed by atoms with Crippen LogP contribution in [0.5, 0.6) is 0 Å². The molecule has 0 amide bonds. The lowest BCUT2D eigenvalue weighted by molar-refractivity contribution is 0.363. The third kappa shape index (κ3) is 6.37. The normalized spacial score (nSPS) is 12.6. The summed E-state index contributed by atoms with van der Waals surface area (Å²) in [5.41, 5.74) is 1.50. The van der Waals surface area contributed by atoms with E-state index in [1.165, 1.54) is 6.42 Å². The lowest BCUT2D eigenvalue weighted by Gasteiger charge is -2.22. The first-order valence-electron chi connectivity index (χ1n) is 7.14. The number of aromatic nitrogens is 1. The highest BCUT2D eigenvalue weighted by molar-refractivity contribution is 7.09. The molecule has 0 bridgehead atoms. The van der Waals surface area contributed by atoms with E-state index in [0.29, 0.717) is 5.41 Å². The third-order valence-electron chi connectivity index (χ3n) is 3.03. The Hall–Kier alpha value is -1.10. The zero-order valence-electron chi connectivity index (χ0n) is 13.7. The van der Waals surface area contributed by atoms with E-state index in [1.807, 2.05) is 21.0 Å². The summed E-state index contributed by atoms with van der Waals surface area (Å²) in [7, 11) is 3.88. The number of nitrogens with one attached hydrogen (secondary N) is 1. The van der Waals surface area contributed by atoms with Crippen LogP contribution in [-0.2, 0) is 6.54 Å². The minimum Gasteiger partial charge on any atom is -0.356 e. The van der Waals surface area contributed by atoms with Gasteiger partial charge in [-0.1, -0.05) is 20.8 Å². The molecule has 0 unspecified atom stereocenters. The van der Waals surface area contributed by atoms with E-state index < -0.39 is 0 Å². The first-order valence-corrected chi connectivity index (χ1v) is 8.02. The minimum atomic E-state index is 0.398. The molecule has 1 aromatic heterocycles. The molecule has 1 N–H and O–H groups in total. The Morgan fingerprint density at radius 3 is 2.65 bits per heavy atom. The highest BCUT2D eigenvalue weighted by atomic mass is 32.1. The molecule has 0 aliphatic carbocycles. The first kappa shape index (κ1) is 17.0. The molecule has 0 fully saturated rings. The predicted molar refractivity (Wildman–Crippen MR) is 88.4 cm³/mol. The van der Waals surface area contributed by atoms with Gasteiger partial charge in [0.1, 0.15) is 0 Å². The summed E-state index contributed by atoms with van der Waals surface area (Å²) < 4.78 is 0. The maximum atomic E-state index is 4.49. The number of guanidine groups is 1. The largest absolute Gasteiger partial charge is 0.356 e. The minimum absolute atomic E-state index is 0.398. The van der Waals surface area contributed by atoms with Gasteiger partial charge in [0.05, 0.1) is 17.2 Å². The van der Waals surface area contributed by atoms with Crippen LogP contribution in [0.15, 0.2) is 10.4 Å². The van der Waals surface area contributed by atoms with Gasteiger partial charge in [-0.05, 0) is 25.2 Å². The van der Waals surface area contributed by atoms with E-state index in [4.69, 9.17) is 0 Å². The average molecular weight is 296 g/mol. The SMILES string of the molecule is CN=C(NCCCC(C)(C)C)N(C)Cc1csc(C)n1. The van der Waals surface area contributed by atoms with Gasteiger partial charge in [0, 0.05) is 26.0 Å². The summed E-state index contributed by atoms with van der Waals surface area (Å²) in [6.45, 7) is 10.6. The van der Waals surface area contributed by atoms with Gasteiger partial charge in [0.25, 0.3) is 0 Å². The quantitative estimate of drug-likeness (QED) is 0.515. The maximum Gasteiger partial charge on any atom is 0.193 e. The molecule has 0 aliphatic rings. The number of hydrogen-bond donors (Lipinski definition) is 1. The van der Waals surface area contributed by atoms with Crippen LogP contribution < -0.4 is 5.32 Å². The van der Waals surface area contributed by atoms with Gasteiger partial charge in [0.15, 0.2) is 5.96 Å². The molecule has 4 nitrogen and oxygen atoms in total. The Kier molecular flexibility index (Phi) is 6.46. The smallest absolute Gasteiger partial charge is 0.193 e.